The van der Waals surface area contributed by atoms with Gasteiger partial charge < -0.3 is 26.9 Å². The van der Waals surface area contributed by atoms with Gasteiger partial charge in [-0.25, -0.2) is 4.79 Å². The van der Waals surface area contributed by atoms with Gasteiger partial charge in [0.2, 0.25) is 18.6 Å². The molecule has 176 valence electrons. The van der Waals surface area contributed by atoms with Gasteiger partial charge in [0, 0.05) is 4.75 Å². The molecule has 0 spiro atoms. The van der Waals surface area contributed by atoms with Crippen molar-refractivity contribution in [2.45, 2.75) is 62.9 Å². The van der Waals surface area contributed by atoms with Gasteiger partial charge in [-0.1, -0.05) is 30.3 Å². The predicted octanol–water partition coefficient (Wildman–Crippen LogP) is -1.56. The Bertz CT molecular complexity index is 927. The van der Waals surface area contributed by atoms with Crippen LogP contribution >= 0.6 is 11.8 Å². The topological polar surface area (TPSA) is 128 Å². The fraction of sp³-hybridized carbons (Fsp3) is 0.545. The second-order valence-corrected chi connectivity index (χ2v) is 11.2. The third-order valence-electron chi connectivity index (χ3n) is 5.41. The number of carbonyl (C=O) groups excluding carboxylic acids is 4. The minimum atomic E-state index is -0.907. The summed E-state index contributed by atoms with van der Waals surface area (Å²) < 4.78 is 9.47. The second-order valence-electron chi connectivity index (χ2n) is 9.40. The number of benzene rings is 1. The molecule has 1 aromatic rings. The smallest absolute Gasteiger partial charge is 1.00 e. The maximum Gasteiger partial charge on any atom is 1.00 e. The van der Waals surface area contributed by atoms with Crippen molar-refractivity contribution in [2.75, 3.05) is 6.79 Å². The molecule has 0 saturated carbocycles. The van der Waals surface area contributed by atoms with Gasteiger partial charge in [-0.05, 0) is 40.2 Å². The van der Waals surface area contributed by atoms with E-state index in [0.29, 0.717) is 5.56 Å². The Morgan fingerprint density at radius 1 is 1.21 bits per heavy atom. The van der Waals surface area contributed by atoms with Gasteiger partial charge >= 0.3 is 41.5 Å². The van der Waals surface area contributed by atoms with Crippen molar-refractivity contribution < 1.29 is 59.6 Å². The van der Waals surface area contributed by atoms with E-state index in [4.69, 9.17) is 15.2 Å². The van der Waals surface area contributed by atoms with Gasteiger partial charge in [-0.2, -0.15) is 0 Å². The summed E-state index contributed by atoms with van der Waals surface area (Å²) in [7, 11) is 0. The van der Waals surface area contributed by atoms with Crippen molar-refractivity contribution in [2.24, 2.45) is 11.1 Å². The van der Waals surface area contributed by atoms with Crippen molar-refractivity contribution in [3.63, 3.8) is 0 Å². The largest absolute Gasteiger partial charge is 1.00 e. The number of amides is 2. The van der Waals surface area contributed by atoms with E-state index in [1.54, 1.807) is 45.0 Å². The van der Waals surface area contributed by atoms with Crippen LogP contribution in [0.25, 0.3) is 0 Å². The first-order valence-electron chi connectivity index (χ1n) is 10.3. The van der Waals surface area contributed by atoms with Gasteiger partial charge in [0.05, 0.1) is 5.41 Å². The number of hydrogen-bond acceptors (Lipinski definition) is 8. The van der Waals surface area contributed by atoms with Gasteiger partial charge in [0.15, 0.2) is 0 Å². The van der Waals surface area contributed by atoms with Gasteiger partial charge in [0.25, 0.3) is 0 Å². The van der Waals surface area contributed by atoms with Crippen LogP contribution in [0.1, 0.15) is 47.7 Å². The summed E-state index contributed by atoms with van der Waals surface area (Å²) in [5, 5.41) is 2.29. The Balaban J connectivity index is 0.00000289. The molecule has 11 heteroatoms. The van der Waals surface area contributed by atoms with Crippen LogP contribution in [0.5, 0.6) is 0 Å². The summed E-state index contributed by atoms with van der Waals surface area (Å²) in [5.74, 6) is -2.00. The maximum atomic E-state index is 12.8. The van der Waals surface area contributed by atoms with Gasteiger partial charge in [0.1, 0.15) is 23.5 Å². The van der Waals surface area contributed by atoms with Crippen LogP contribution in [0.2, 0.25) is 0 Å². The zero-order chi connectivity index (χ0) is 23.8. The number of thioether (sulfide) groups is 1. The molecule has 1 unspecified atom stereocenters. The van der Waals surface area contributed by atoms with Gasteiger partial charge in [-0.3, -0.25) is 14.4 Å². The Morgan fingerprint density at radius 2 is 1.82 bits per heavy atom. The number of ether oxygens (including phenoxy) is 2. The number of β-lactam (4-membered cyclic amide) rings is 1. The second kappa shape index (κ2) is 10.4. The van der Waals surface area contributed by atoms with E-state index >= 15 is 0 Å². The number of fused-ring (bicyclic) bond motifs is 1. The molecule has 2 heterocycles. The summed E-state index contributed by atoms with van der Waals surface area (Å²) >= 11 is 1.40. The van der Waals surface area contributed by atoms with Crippen LogP contribution in [0, 0.1) is 5.41 Å². The first kappa shape index (κ1) is 27.7. The molecule has 2 amide bonds. The monoisotopic (exact) mass is 487 g/mol. The van der Waals surface area contributed by atoms with Gasteiger partial charge in [-0.15, -0.1) is 11.8 Å². The van der Waals surface area contributed by atoms with E-state index in [0.717, 1.165) is 0 Å². The van der Waals surface area contributed by atoms with Crippen LogP contribution < -0.4 is 40.6 Å². The number of esters is 2. The van der Waals surface area contributed by atoms with Crippen molar-refractivity contribution >= 4 is 35.5 Å². The molecule has 0 radical (unpaired) electrons. The summed E-state index contributed by atoms with van der Waals surface area (Å²) in [6.07, 6.45) is 0. The third-order valence-corrected chi connectivity index (χ3v) is 6.98. The molecule has 2 saturated heterocycles. The van der Waals surface area contributed by atoms with E-state index in [-0.39, 0.29) is 36.9 Å². The Morgan fingerprint density at radius 3 is 2.39 bits per heavy atom. The number of nitrogens with zero attached hydrogens (tertiary/aromatic N) is 1. The van der Waals surface area contributed by atoms with Crippen LogP contribution in [0.3, 0.4) is 0 Å². The van der Waals surface area contributed by atoms with E-state index in [9.17, 15) is 19.2 Å². The molecule has 9 nitrogen and oxygen atoms in total. The quantitative estimate of drug-likeness (QED) is 0.213. The molecule has 33 heavy (non-hydrogen) atoms. The first-order chi connectivity index (χ1) is 14.8. The molecule has 1 aromatic carbocycles. The van der Waals surface area contributed by atoms with Crippen molar-refractivity contribution in [1.29, 1.82) is 0 Å². The van der Waals surface area contributed by atoms with Crippen LogP contribution in [0.4, 0.5) is 0 Å². The fourth-order valence-electron chi connectivity index (χ4n) is 3.62. The SMILES string of the molecule is CC(C)(C)C(=O)OCOC(=O)[C@@H]1N2C(=O)[C@@H](NC(=O)C(N)c3ccccc3)[C@H]2SC1(C)C.[H-].[Na+]. The molecular formula is C22H30N3NaO6S. The summed E-state index contributed by atoms with van der Waals surface area (Å²) in [6.45, 7) is 8.20. The number of rotatable bonds is 6. The predicted molar refractivity (Wildman–Crippen MR) is 119 cm³/mol. The number of carbonyl (C=O) groups is 4. The number of nitrogens with two attached hydrogens (primary N) is 1. The zero-order valence-electron chi connectivity index (χ0n) is 20.8. The number of nitrogens with one attached hydrogen (secondary N) is 1. The number of hydrogen-bond donors (Lipinski definition) is 2. The van der Waals surface area contributed by atoms with Crippen LogP contribution in [-0.2, 0) is 28.7 Å². The van der Waals surface area contributed by atoms with E-state index < -0.39 is 58.3 Å². The van der Waals surface area contributed by atoms with Crippen molar-refractivity contribution in [3.8, 4) is 0 Å². The fourth-order valence-corrected chi connectivity index (χ4v) is 5.24. The maximum absolute atomic E-state index is 12.8. The molecular weight excluding hydrogens is 457 g/mol. The summed E-state index contributed by atoms with van der Waals surface area (Å²) in [4.78, 5) is 51.4. The van der Waals surface area contributed by atoms with E-state index in [1.807, 2.05) is 19.9 Å². The molecule has 2 fully saturated rings. The Hall–Kier alpha value is -1.59. The summed E-state index contributed by atoms with van der Waals surface area (Å²) in [6, 6.07) is 6.31. The van der Waals surface area contributed by atoms with E-state index in [2.05, 4.69) is 5.32 Å². The molecule has 0 aromatic heterocycles. The molecule has 0 aliphatic carbocycles. The van der Waals surface area contributed by atoms with Crippen molar-refractivity contribution in [3.05, 3.63) is 35.9 Å². The normalized spacial score (nSPS) is 24.0. The van der Waals surface area contributed by atoms with E-state index in [1.165, 1.54) is 16.7 Å². The van der Waals surface area contributed by atoms with Crippen LogP contribution in [0.15, 0.2) is 30.3 Å². The minimum absolute atomic E-state index is 0. The summed E-state index contributed by atoms with van der Waals surface area (Å²) in [5.41, 5.74) is 5.94. The molecule has 0 bridgehead atoms. The van der Waals surface area contributed by atoms with Crippen molar-refractivity contribution in [1.82, 2.24) is 10.2 Å². The molecule has 4 atom stereocenters. The zero-order valence-corrected chi connectivity index (χ0v) is 22.6. The Kier molecular flexibility index (Phi) is 8.67. The first-order valence-corrected chi connectivity index (χ1v) is 11.2. The molecule has 3 rings (SSSR count). The average molecular weight is 488 g/mol. The molecule has 3 N–H and O–H groups in total. The molecule has 2 aliphatic heterocycles. The minimum Gasteiger partial charge on any atom is -1.00 e. The average Bonchev–Trinajstić information content (AvgIpc) is 2.98. The van der Waals surface area contributed by atoms with Crippen LogP contribution in [-0.4, -0.2) is 57.7 Å². The Labute approximate surface area is 221 Å². The molecule has 2 aliphatic rings. The third kappa shape index (κ3) is 5.74. The standard InChI is InChI=1S/C22H29N3O6S.Na.H/c1-21(2,3)20(29)31-11-30-19(28)15-22(4,5)32-18-14(17(27)25(15)18)24-16(26)13(23)12-9-7-6-8-10-12;;/h6-10,13-15,18H,11,23H2,1-5H3,(H,24,26);;/q;+1;-1/t13?,14-,15+,18-;;/m1../s1.